The average molecular weight is 412 g/mol. The largest absolute Gasteiger partial charge is 0.373 e. The molecule has 0 saturated carbocycles. The topological polar surface area (TPSA) is 55.2 Å². The molecule has 4 nitrogen and oxygen atoms in total. The monoisotopic (exact) mass is 410 g/mol. The first-order valence-corrected chi connectivity index (χ1v) is 8.12. The van der Waals surface area contributed by atoms with Gasteiger partial charge in [0.1, 0.15) is 5.69 Å². The number of halogens is 2. The highest BCUT2D eigenvalue weighted by molar-refractivity contribution is 9.10. The Bertz CT molecular complexity index is 719. The van der Waals surface area contributed by atoms with Crippen molar-refractivity contribution in [2.24, 2.45) is 0 Å². The molecule has 0 saturated heterocycles. The third-order valence-corrected chi connectivity index (χ3v) is 4.94. The average Bonchev–Trinajstić information content (AvgIpc) is 2.85. The minimum atomic E-state index is -0.357. The Morgan fingerprint density at radius 2 is 2.05 bits per heavy atom. The number of hydrogen-bond donors (Lipinski definition) is 1. The molecular weight excluding hydrogens is 400 g/mol. The van der Waals surface area contributed by atoms with Crippen LogP contribution in [0.3, 0.4) is 0 Å². The summed E-state index contributed by atoms with van der Waals surface area (Å²) in [4.78, 5) is 10.8. The van der Waals surface area contributed by atoms with Crippen molar-refractivity contribution < 1.29 is 4.92 Å². The molecule has 1 aliphatic carbocycles. The maximum Gasteiger partial charge on any atom is 0.293 e. The van der Waals surface area contributed by atoms with Crippen LogP contribution in [0.15, 0.2) is 45.3 Å². The highest BCUT2D eigenvalue weighted by Crippen LogP contribution is 2.39. The molecule has 2 aromatic carbocycles. The van der Waals surface area contributed by atoms with Gasteiger partial charge < -0.3 is 5.32 Å². The zero-order chi connectivity index (χ0) is 15.0. The molecule has 6 heteroatoms. The van der Waals surface area contributed by atoms with Crippen LogP contribution in [0.5, 0.6) is 0 Å². The van der Waals surface area contributed by atoms with Gasteiger partial charge in [0.2, 0.25) is 0 Å². The van der Waals surface area contributed by atoms with Crippen LogP contribution in [0, 0.1) is 10.1 Å². The molecule has 0 bridgehead atoms. The summed E-state index contributed by atoms with van der Waals surface area (Å²) in [5.74, 6) is 0. The molecule has 3 rings (SSSR count). The van der Waals surface area contributed by atoms with Crippen LogP contribution in [0.25, 0.3) is 0 Å². The summed E-state index contributed by atoms with van der Waals surface area (Å²) in [5, 5.41) is 14.5. The van der Waals surface area contributed by atoms with E-state index in [0.29, 0.717) is 10.2 Å². The van der Waals surface area contributed by atoms with Crippen LogP contribution in [-0.2, 0) is 6.42 Å². The fourth-order valence-corrected chi connectivity index (χ4v) is 3.65. The van der Waals surface area contributed by atoms with E-state index in [1.807, 2.05) is 18.2 Å². The number of nitrogens with zero attached hydrogens (tertiary/aromatic N) is 1. The maximum absolute atomic E-state index is 11.2. The molecule has 0 spiro atoms. The number of rotatable bonds is 3. The van der Waals surface area contributed by atoms with Gasteiger partial charge in [0, 0.05) is 15.0 Å². The Hall–Kier alpha value is -1.40. The van der Waals surface area contributed by atoms with Crippen molar-refractivity contribution in [3.05, 3.63) is 66.6 Å². The van der Waals surface area contributed by atoms with E-state index in [1.165, 1.54) is 17.2 Å². The number of anilines is 1. The van der Waals surface area contributed by atoms with E-state index < -0.39 is 0 Å². The molecule has 0 radical (unpaired) electrons. The third kappa shape index (κ3) is 2.82. The summed E-state index contributed by atoms with van der Waals surface area (Å²) >= 11 is 6.84. The quantitative estimate of drug-likeness (QED) is 0.556. The summed E-state index contributed by atoms with van der Waals surface area (Å²) in [6.07, 6.45) is 1.91. The van der Waals surface area contributed by atoms with Crippen LogP contribution < -0.4 is 5.32 Å². The summed E-state index contributed by atoms with van der Waals surface area (Å²) in [6.45, 7) is 0. The summed E-state index contributed by atoms with van der Waals surface area (Å²) in [5.41, 5.74) is 3.14. The van der Waals surface area contributed by atoms with Crippen LogP contribution in [0.4, 0.5) is 11.4 Å². The van der Waals surface area contributed by atoms with E-state index in [1.54, 1.807) is 6.07 Å². The predicted molar refractivity (Wildman–Crippen MR) is 89.6 cm³/mol. The summed E-state index contributed by atoms with van der Waals surface area (Å²) < 4.78 is 1.81. The van der Waals surface area contributed by atoms with E-state index in [2.05, 4.69) is 43.2 Å². The van der Waals surface area contributed by atoms with E-state index in [0.717, 1.165) is 17.3 Å². The van der Waals surface area contributed by atoms with E-state index in [-0.39, 0.29) is 16.7 Å². The van der Waals surface area contributed by atoms with Crippen molar-refractivity contribution in [2.45, 2.75) is 18.9 Å². The van der Waals surface area contributed by atoms with Crippen molar-refractivity contribution in [2.75, 3.05) is 5.32 Å². The van der Waals surface area contributed by atoms with Crippen molar-refractivity contribution in [3.63, 3.8) is 0 Å². The number of benzene rings is 2. The summed E-state index contributed by atoms with van der Waals surface area (Å²) in [7, 11) is 0. The standard InChI is InChI=1S/C15H12Br2N2O2/c16-9-4-6-14(15(8-9)19(20)21)18-13-7-5-10-11(13)2-1-3-12(10)17/h1-4,6,8,13,18H,5,7H2. The number of nitrogens with one attached hydrogen (secondary N) is 1. The maximum atomic E-state index is 11.2. The van der Waals surface area contributed by atoms with Crippen LogP contribution in [0.1, 0.15) is 23.6 Å². The number of fused-ring (bicyclic) bond motifs is 1. The first kappa shape index (κ1) is 14.5. The molecule has 1 aliphatic rings. The van der Waals surface area contributed by atoms with Crippen molar-refractivity contribution >= 4 is 43.2 Å². The Labute approximate surface area is 139 Å². The van der Waals surface area contributed by atoms with Crippen LogP contribution in [-0.4, -0.2) is 4.92 Å². The molecule has 0 aromatic heterocycles. The molecule has 0 aliphatic heterocycles. The normalized spacial score (nSPS) is 16.6. The number of hydrogen-bond acceptors (Lipinski definition) is 3. The molecule has 1 unspecified atom stereocenters. The Kier molecular flexibility index (Phi) is 3.99. The highest BCUT2D eigenvalue weighted by atomic mass is 79.9. The minimum Gasteiger partial charge on any atom is -0.373 e. The van der Waals surface area contributed by atoms with E-state index in [4.69, 9.17) is 0 Å². The van der Waals surface area contributed by atoms with Gasteiger partial charge in [0.05, 0.1) is 11.0 Å². The Balaban J connectivity index is 1.93. The van der Waals surface area contributed by atoms with Gasteiger partial charge in [-0.05, 0) is 42.2 Å². The van der Waals surface area contributed by atoms with Crippen molar-refractivity contribution in [1.82, 2.24) is 0 Å². The molecule has 0 heterocycles. The highest BCUT2D eigenvalue weighted by Gasteiger charge is 2.26. The molecule has 108 valence electrons. The fourth-order valence-electron chi connectivity index (χ4n) is 2.73. The molecule has 21 heavy (non-hydrogen) atoms. The Morgan fingerprint density at radius 1 is 1.24 bits per heavy atom. The van der Waals surface area contributed by atoms with Gasteiger partial charge >= 0.3 is 0 Å². The van der Waals surface area contributed by atoms with Gasteiger partial charge in [-0.1, -0.05) is 44.0 Å². The number of nitro benzene ring substituents is 1. The first-order valence-electron chi connectivity index (χ1n) is 6.54. The second-order valence-corrected chi connectivity index (χ2v) is 6.73. The van der Waals surface area contributed by atoms with Gasteiger partial charge in [-0.25, -0.2) is 0 Å². The van der Waals surface area contributed by atoms with Gasteiger partial charge in [0.15, 0.2) is 0 Å². The molecule has 1 N–H and O–H groups in total. The third-order valence-electron chi connectivity index (χ3n) is 3.70. The van der Waals surface area contributed by atoms with Crippen LogP contribution >= 0.6 is 31.9 Å². The number of nitro groups is 1. The Morgan fingerprint density at radius 3 is 2.81 bits per heavy atom. The van der Waals surface area contributed by atoms with Crippen molar-refractivity contribution in [1.29, 1.82) is 0 Å². The molecule has 0 fully saturated rings. The van der Waals surface area contributed by atoms with Gasteiger partial charge in [-0.2, -0.15) is 0 Å². The van der Waals surface area contributed by atoms with E-state index in [9.17, 15) is 10.1 Å². The van der Waals surface area contributed by atoms with Gasteiger partial charge in [-0.3, -0.25) is 10.1 Å². The smallest absolute Gasteiger partial charge is 0.293 e. The lowest BCUT2D eigenvalue weighted by molar-refractivity contribution is -0.384. The first-order chi connectivity index (χ1) is 10.1. The lowest BCUT2D eigenvalue weighted by atomic mass is 10.1. The zero-order valence-corrected chi connectivity index (χ0v) is 14.1. The molecular formula is C15H12Br2N2O2. The molecule has 0 amide bonds. The minimum absolute atomic E-state index is 0.0906. The lowest BCUT2D eigenvalue weighted by Crippen LogP contribution is -2.08. The predicted octanol–water partition coefficient (Wildman–Crippen LogP) is 5.22. The summed E-state index contributed by atoms with van der Waals surface area (Å²) in [6, 6.07) is 11.3. The van der Waals surface area contributed by atoms with Crippen LogP contribution in [0.2, 0.25) is 0 Å². The second-order valence-electron chi connectivity index (χ2n) is 4.96. The SMILES string of the molecule is O=[N+]([O-])c1cc(Br)ccc1NC1CCc2c(Br)cccc21. The lowest BCUT2D eigenvalue weighted by Gasteiger charge is -2.16. The molecule has 1 atom stereocenters. The second kappa shape index (κ2) is 5.77. The van der Waals surface area contributed by atoms with Gasteiger partial charge in [0.25, 0.3) is 5.69 Å². The zero-order valence-electron chi connectivity index (χ0n) is 11.0. The fraction of sp³-hybridized carbons (Fsp3) is 0.200. The molecule has 2 aromatic rings. The van der Waals surface area contributed by atoms with Crippen molar-refractivity contribution in [3.8, 4) is 0 Å². The van der Waals surface area contributed by atoms with Gasteiger partial charge in [-0.15, -0.1) is 0 Å². The van der Waals surface area contributed by atoms with E-state index >= 15 is 0 Å².